The van der Waals surface area contributed by atoms with Crippen molar-refractivity contribution in [3.63, 3.8) is 0 Å². The van der Waals surface area contributed by atoms with E-state index < -0.39 is 10.0 Å². The second kappa shape index (κ2) is 7.64. The molecule has 1 rings (SSSR count). The highest BCUT2D eigenvalue weighted by atomic mass is 32.3. The number of ether oxygens (including phenoxy) is 1. The molecule has 0 atom stereocenters. The lowest BCUT2D eigenvalue weighted by Gasteiger charge is -2.24. The number of nitrogens with zero attached hydrogens (tertiary/aromatic N) is 2. The van der Waals surface area contributed by atoms with Gasteiger partial charge in [-0.3, -0.25) is 0 Å². The van der Waals surface area contributed by atoms with Crippen LogP contribution in [0.2, 0.25) is 0 Å². The molecule has 0 saturated carbocycles. The summed E-state index contributed by atoms with van der Waals surface area (Å²) in [5, 5.41) is 4.30. The van der Waals surface area contributed by atoms with Gasteiger partial charge >= 0.3 is 0 Å². The van der Waals surface area contributed by atoms with Crippen LogP contribution in [0.15, 0.2) is 24.9 Å². The summed E-state index contributed by atoms with van der Waals surface area (Å²) in [7, 11) is -0.459. The van der Waals surface area contributed by atoms with Crippen LogP contribution in [-0.4, -0.2) is 40.9 Å². The van der Waals surface area contributed by atoms with E-state index in [1.807, 2.05) is 17.0 Å². The van der Waals surface area contributed by atoms with Crippen molar-refractivity contribution in [2.24, 2.45) is 0 Å². The Hall–Kier alpha value is -0.740. The van der Waals surface area contributed by atoms with Crippen molar-refractivity contribution in [3.8, 4) is 0 Å². The minimum absolute atomic E-state index is 0.459. The van der Waals surface area contributed by atoms with Gasteiger partial charge in [0.1, 0.15) is 6.73 Å². The van der Waals surface area contributed by atoms with Gasteiger partial charge in [0.05, 0.1) is 6.61 Å². The fourth-order valence-electron chi connectivity index (χ4n) is 1.58. The summed E-state index contributed by atoms with van der Waals surface area (Å²) in [4.78, 5) is 0. The Bertz CT molecular complexity index is 355. The quantitative estimate of drug-likeness (QED) is 0.509. The minimum Gasteiger partial charge on any atom is -0.358 e. The molecule has 0 amide bonds. The van der Waals surface area contributed by atoms with Gasteiger partial charge in [-0.25, -0.2) is 14.7 Å². The Kier molecular flexibility index (Phi) is 6.50. The number of aromatic nitrogens is 2. The summed E-state index contributed by atoms with van der Waals surface area (Å²) in [5.74, 6) is 1.15. The zero-order valence-corrected chi connectivity index (χ0v) is 12.7. The Morgan fingerprint density at radius 3 is 2.89 bits per heavy atom. The average molecular weight is 270 g/mol. The van der Waals surface area contributed by atoms with Crippen LogP contribution in [0.3, 0.4) is 0 Å². The molecule has 0 saturated heterocycles. The third-order valence-corrected chi connectivity index (χ3v) is 4.09. The molecule has 0 N–H and O–H groups in total. The Morgan fingerprint density at radius 2 is 2.22 bits per heavy atom. The molecule has 4 heteroatoms. The maximum absolute atomic E-state index is 5.70. The first-order valence-corrected chi connectivity index (χ1v) is 9.41. The summed E-state index contributed by atoms with van der Waals surface area (Å²) in [6, 6.07) is 2.07. The number of aryl methyl sites for hydroxylation is 1. The van der Waals surface area contributed by atoms with Crippen LogP contribution in [0, 0.1) is 0 Å². The highest BCUT2D eigenvalue weighted by molar-refractivity contribution is 8.32. The van der Waals surface area contributed by atoms with Crippen molar-refractivity contribution >= 4 is 10.0 Å². The molecule has 0 unspecified atom stereocenters. The van der Waals surface area contributed by atoms with Crippen molar-refractivity contribution in [3.05, 3.63) is 30.6 Å². The van der Waals surface area contributed by atoms with Gasteiger partial charge < -0.3 is 4.74 Å². The van der Waals surface area contributed by atoms with Gasteiger partial charge in [0.15, 0.2) is 0 Å². The number of hydrogen-bond acceptors (Lipinski definition) is 2. The second-order valence-corrected chi connectivity index (χ2v) is 9.93. The van der Waals surface area contributed by atoms with Crippen LogP contribution in [0.4, 0.5) is 0 Å². The molecule has 0 fully saturated rings. The van der Waals surface area contributed by atoms with Gasteiger partial charge in [0.2, 0.25) is 0 Å². The third-order valence-electron chi connectivity index (χ3n) is 2.70. The fourth-order valence-corrected chi connectivity index (χ4v) is 2.19. The van der Waals surface area contributed by atoms with Gasteiger partial charge in [-0.15, -0.1) is 6.58 Å². The minimum atomic E-state index is -0.459. The lowest BCUT2D eigenvalue weighted by Crippen LogP contribution is -2.12. The molecule has 1 aromatic heterocycles. The lowest BCUT2D eigenvalue weighted by molar-refractivity contribution is 0.0787. The third kappa shape index (κ3) is 6.26. The van der Waals surface area contributed by atoms with E-state index in [1.165, 1.54) is 5.69 Å². The number of hydrogen-bond donors (Lipinski definition) is 0. The van der Waals surface area contributed by atoms with Crippen LogP contribution >= 0.6 is 10.0 Å². The normalized spacial score (nSPS) is 12.6. The topological polar surface area (TPSA) is 27.1 Å². The molecular formula is C14H26N2OS. The average Bonchev–Trinajstić information content (AvgIpc) is 2.71. The van der Waals surface area contributed by atoms with Crippen LogP contribution in [0.5, 0.6) is 0 Å². The van der Waals surface area contributed by atoms with E-state index in [-0.39, 0.29) is 0 Å². The van der Waals surface area contributed by atoms with E-state index in [9.17, 15) is 0 Å². The largest absolute Gasteiger partial charge is 0.358 e. The monoisotopic (exact) mass is 270 g/mol. The van der Waals surface area contributed by atoms with Gasteiger partial charge in [-0.1, -0.05) is 6.08 Å². The summed E-state index contributed by atoms with van der Waals surface area (Å²) < 4.78 is 7.66. The van der Waals surface area contributed by atoms with Crippen molar-refractivity contribution in [1.82, 2.24) is 9.78 Å². The Balaban J connectivity index is 2.29. The van der Waals surface area contributed by atoms with Crippen molar-refractivity contribution in [1.29, 1.82) is 0 Å². The number of rotatable bonds is 9. The SMILES string of the molecule is C=CCCCc1ccnn1COCCS(C)(C)C. The molecule has 0 aliphatic heterocycles. The maximum atomic E-state index is 5.70. The molecule has 0 radical (unpaired) electrons. The first-order valence-electron chi connectivity index (χ1n) is 6.38. The molecule has 0 aromatic carbocycles. The van der Waals surface area contributed by atoms with Gasteiger partial charge in [0.25, 0.3) is 0 Å². The molecule has 104 valence electrons. The summed E-state index contributed by atoms with van der Waals surface area (Å²) in [6.07, 6.45) is 14.0. The standard InChI is InChI=1S/C14H26N2OS/c1-5-6-7-8-14-9-10-15-16(14)13-17-11-12-18(2,3)4/h5,9-10H,1,6-8,11-13H2,2-4H3. The molecule has 0 aliphatic rings. The van der Waals surface area contributed by atoms with Crippen LogP contribution < -0.4 is 0 Å². The van der Waals surface area contributed by atoms with Crippen LogP contribution in [0.1, 0.15) is 18.5 Å². The maximum Gasteiger partial charge on any atom is 0.139 e. The smallest absolute Gasteiger partial charge is 0.139 e. The van der Waals surface area contributed by atoms with E-state index in [0.717, 1.165) is 31.6 Å². The second-order valence-electron chi connectivity index (χ2n) is 5.34. The van der Waals surface area contributed by atoms with Gasteiger partial charge in [0, 0.05) is 17.6 Å². The van der Waals surface area contributed by atoms with E-state index in [1.54, 1.807) is 0 Å². The predicted octanol–water partition coefficient (Wildman–Crippen LogP) is 3.06. The highest BCUT2D eigenvalue weighted by Crippen LogP contribution is 2.33. The summed E-state index contributed by atoms with van der Waals surface area (Å²) >= 11 is 0. The lowest BCUT2D eigenvalue weighted by atomic mass is 10.2. The van der Waals surface area contributed by atoms with Crippen LogP contribution in [0.25, 0.3) is 0 Å². The van der Waals surface area contributed by atoms with Crippen molar-refractivity contribution in [2.45, 2.75) is 26.0 Å². The molecule has 3 nitrogen and oxygen atoms in total. The highest BCUT2D eigenvalue weighted by Gasteiger charge is 2.05. The summed E-state index contributed by atoms with van der Waals surface area (Å²) in [5.41, 5.74) is 1.25. The Morgan fingerprint density at radius 1 is 1.44 bits per heavy atom. The van der Waals surface area contributed by atoms with E-state index in [0.29, 0.717) is 6.73 Å². The first-order chi connectivity index (χ1) is 8.53. The molecule has 0 aliphatic carbocycles. The zero-order chi connectivity index (χ0) is 13.4. The first kappa shape index (κ1) is 15.3. The van der Waals surface area contributed by atoms with Gasteiger partial charge in [-0.2, -0.15) is 5.10 Å². The Labute approximate surface area is 113 Å². The molecule has 1 aromatic rings. The molecule has 18 heavy (non-hydrogen) atoms. The fraction of sp³-hybridized carbons (Fsp3) is 0.643. The van der Waals surface area contributed by atoms with E-state index in [4.69, 9.17) is 4.74 Å². The van der Waals surface area contributed by atoms with Gasteiger partial charge in [-0.05, 0) is 44.1 Å². The number of allylic oxidation sites excluding steroid dienone is 1. The molecular weight excluding hydrogens is 244 g/mol. The van der Waals surface area contributed by atoms with Crippen molar-refractivity contribution < 1.29 is 4.74 Å². The van der Waals surface area contributed by atoms with Crippen LogP contribution in [-0.2, 0) is 17.9 Å². The number of unbranched alkanes of at least 4 members (excludes halogenated alkanes) is 1. The molecule has 0 spiro atoms. The molecule has 1 heterocycles. The predicted molar refractivity (Wildman–Crippen MR) is 81.5 cm³/mol. The molecule has 0 bridgehead atoms. The summed E-state index contributed by atoms with van der Waals surface area (Å²) in [6.45, 7) is 5.14. The van der Waals surface area contributed by atoms with Crippen molar-refractivity contribution in [2.75, 3.05) is 31.1 Å². The van der Waals surface area contributed by atoms with E-state index in [2.05, 4.69) is 36.5 Å². The van der Waals surface area contributed by atoms with E-state index >= 15 is 0 Å². The zero-order valence-electron chi connectivity index (χ0n) is 11.9.